The van der Waals surface area contributed by atoms with Crippen LogP contribution in [0.15, 0.2) is 61.2 Å². The molecule has 0 aliphatic rings. The number of hydrogen-bond donors (Lipinski definition) is 0. The van der Waals surface area contributed by atoms with Gasteiger partial charge in [0.1, 0.15) is 23.9 Å². The third-order valence-electron chi connectivity index (χ3n) is 3.66. The Bertz CT molecular complexity index is 789. The van der Waals surface area contributed by atoms with Crippen molar-refractivity contribution in [1.82, 2.24) is 0 Å². The third kappa shape index (κ3) is 6.31. The molecule has 4 nitrogen and oxygen atoms in total. The van der Waals surface area contributed by atoms with Gasteiger partial charge in [0.2, 0.25) is 0 Å². The minimum absolute atomic E-state index is 0.0141. The number of carbonyl (C=O) groups is 1. The quantitative estimate of drug-likeness (QED) is 0.300. The highest BCUT2D eigenvalue weighted by Crippen LogP contribution is 2.31. The molecule has 2 rings (SSSR count). The Labute approximate surface area is 167 Å². The predicted molar refractivity (Wildman–Crippen MR) is 113 cm³/mol. The molecule has 28 heavy (non-hydrogen) atoms. The minimum Gasteiger partial charge on any atom is -0.490 e. The SMILES string of the molecule is C=CCOc1ccc(C(=O)/C=C/c2c(OC(C)C)cccc2OC(C)C)cc1. The number of allylic oxidation sites excluding steroid dienone is 1. The van der Waals surface area contributed by atoms with Crippen molar-refractivity contribution in [3.63, 3.8) is 0 Å². The first kappa shape index (κ1) is 21.3. The van der Waals surface area contributed by atoms with Gasteiger partial charge in [-0.1, -0.05) is 18.7 Å². The Kier molecular flexibility index (Phi) is 7.88. The molecule has 0 aromatic heterocycles. The van der Waals surface area contributed by atoms with Crippen LogP contribution in [-0.4, -0.2) is 24.6 Å². The first-order valence-corrected chi connectivity index (χ1v) is 9.43. The molecular formula is C24H28O4. The van der Waals surface area contributed by atoms with Crippen molar-refractivity contribution in [2.75, 3.05) is 6.61 Å². The second-order valence-electron chi connectivity index (χ2n) is 6.82. The van der Waals surface area contributed by atoms with Crippen LogP contribution in [0.5, 0.6) is 17.2 Å². The summed E-state index contributed by atoms with van der Waals surface area (Å²) in [5.41, 5.74) is 1.33. The highest BCUT2D eigenvalue weighted by atomic mass is 16.5. The lowest BCUT2D eigenvalue weighted by molar-refractivity contribution is 0.104. The van der Waals surface area contributed by atoms with Gasteiger partial charge in [0.25, 0.3) is 0 Å². The molecule has 0 fully saturated rings. The Morgan fingerprint density at radius 3 is 2.04 bits per heavy atom. The van der Waals surface area contributed by atoms with Gasteiger partial charge in [0.15, 0.2) is 5.78 Å². The molecule has 0 radical (unpaired) electrons. The molecule has 0 unspecified atom stereocenters. The van der Waals surface area contributed by atoms with Gasteiger partial charge in [-0.05, 0) is 76.2 Å². The van der Waals surface area contributed by atoms with Crippen LogP contribution in [0.2, 0.25) is 0 Å². The van der Waals surface area contributed by atoms with Crippen LogP contribution in [-0.2, 0) is 0 Å². The fourth-order valence-corrected chi connectivity index (χ4v) is 2.53. The summed E-state index contributed by atoms with van der Waals surface area (Å²) in [7, 11) is 0. The standard InChI is InChI=1S/C24H28O4/c1-6-16-26-20-12-10-19(11-13-20)22(25)15-14-21-23(27-17(2)3)8-7-9-24(21)28-18(4)5/h6-15,17-18H,1,16H2,2-5H3/b15-14+. The number of ketones is 1. The second-order valence-corrected chi connectivity index (χ2v) is 6.82. The zero-order chi connectivity index (χ0) is 20.5. The van der Waals surface area contributed by atoms with Crippen LogP contribution in [0.25, 0.3) is 6.08 Å². The maximum atomic E-state index is 12.6. The van der Waals surface area contributed by atoms with Gasteiger partial charge in [-0.25, -0.2) is 0 Å². The van der Waals surface area contributed by atoms with Gasteiger partial charge in [0.05, 0.1) is 17.8 Å². The van der Waals surface area contributed by atoms with E-state index in [1.165, 1.54) is 6.08 Å². The van der Waals surface area contributed by atoms with Crippen molar-refractivity contribution in [2.24, 2.45) is 0 Å². The van der Waals surface area contributed by atoms with E-state index in [9.17, 15) is 4.79 Å². The monoisotopic (exact) mass is 380 g/mol. The molecule has 0 amide bonds. The average molecular weight is 380 g/mol. The summed E-state index contributed by atoms with van der Waals surface area (Å²) in [5.74, 6) is 1.96. The van der Waals surface area contributed by atoms with E-state index in [4.69, 9.17) is 14.2 Å². The fourth-order valence-electron chi connectivity index (χ4n) is 2.53. The van der Waals surface area contributed by atoms with Gasteiger partial charge in [-0.15, -0.1) is 0 Å². The van der Waals surface area contributed by atoms with Crippen molar-refractivity contribution < 1.29 is 19.0 Å². The first-order valence-electron chi connectivity index (χ1n) is 9.43. The number of rotatable bonds is 10. The molecule has 0 aliphatic carbocycles. The van der Waals surface area contributed by atoms with Crippen molar-refractivity contribution in [1.29, 1.82) is 0 Å². The minimum atomic E-state index is -0.106. The molecule has 0 aliphatic heterocycles. The summed E-state index contributed by atoms with van der Waals surface area (Å²) in [6, 6.07) is 12.7. The first-order chi connectivity index (χ1) is 13.4. The van der Waals surface area contributed by atoms with Gasteiger partial charge in [0, 0.05) is 5.56 Å². The fraction of sp³-hybridized carbons (Fsp3) is 0.292. The zero-order valence-corrected chi connectivity index (χ0v) is 17.0. The predicted octanol–water partition coefficient (Wildman–Crippen LogP) is 5.72. The summed E-state index contributed by atoms with van der Waals surface area (Å²) in [5, 5.41) is 0. The summed E-state index contributed by atoms with van der Waals surface area (Å²) in [4.78, 5) is 12.6. The van der Waals surface area contributed by atoms with Gasteiger partial charge in [-0.2, -0.15) is 0 Å². The smallest absolute Gasteiger partial charge is 0.185 e. The second kappa shape index (κ2) is 10.4. The summed E-state index contributed by atoms with van der Waals surface area (Å²) in [6.45, 7) is 11.9. The summed E-state index contributed by atoms with van der Waals surface area (Å²) >= 11 is 0. The lowest BCUT2D eigenvalue weighted by atomic mass is 10.1. The average Bonchev–Trinajstić information content (AvgIpc) is 2.65. The highest BCUT2D eigenvalue weighted by Gasteiger charge is 2.12. The summed E-state index contributed by atoms with van der Waals surface area (Å²) in [6.07, 6.45) is 4.99. The van der Waals surface area contributed by atoms with Crippen LogP contribution in [0.4, 0.5) is 0 Å². The van der Waals surface area contributed by atoms with Crippen molar-refractivity contribution in [3.05, 3.63) is 72.3 Å². The van der Waals surface area contributed by atoms with Crippen LogP contribution < -0.4 is 14.2 Å². The number of hydrogen-bond acceptors (Lipinski definition) is 4. The van der Waals surface area contributed by atoms with Gasteiger partial charge in [-0.3, -0.25) is 4.79 Å². The number of benzene rings is 2. The highest BCUT2D eigenvalue weighted by molar-refractivity contribution is 6.07. The van der Waals surface area contributed by atoms with Crippen molar-refractivity contribution in [3.8, 4) is 17.2 Å². The molecule has 0 bridgehead atoms. The summed E-state index contributed by atoms with van der Waals surface area (Å²) < 4.78 is 17.2. The normalized spacial score (nSPS) is 11.1. The molecule has 0 spiro atoms. The molecular weight excluding hydrogens is 352 g/mol. The Morgan fingerprint density at radius 1 is 0.964 bits per heavy atom. The molecule has 2 aromatic rings. The van der Waals surface area contributed by atoms with E-state index in [2.05, 4.69) is 6.58 Å². The van der Waals surface area contributed by atoms with E-state index in [0.29, 0.717) is 29.4 Å². The Morgan fingerprint density at radius 2 is 1.54 bits per heavy atom. The van der Waals surface area contributed by atoms with E-state index in [1.807, 2.05) is 45.9 Å². The lowest BCUT2D eigenvalue weighted by Gasteiger charge is -2.17. The lowest BCUT2D eigenvalue weighted by Crippen LogP contribution is -2.10. The molecule has 0 saturated heterocycles. The molecule has 2 aromatic carbocycles. The van der Waals surface area contributed by atoms with E-state index < -0.39 is 0 Å². The molecule has 0 atom stereocenters. The van der Waals surface area contributed by atoms with E-state index >= 15 is 0 Å². The van der Waals surface area contributed by atoms with E-state index in [-0.39, 0.29) is 18.0 Å². The van der Waals surface area contributed by atoms with Crippen molar-refractivity contribution in [2.45, 2.75) is 39.9 Å². The van der Waals surface area contributed by atoms with Crippen molar-refractivity contribution >= 4 is 11.9 Å². The Balaban J connectivity index is 2.25. The van der Waals surface area contributed by atoms with Crippen LogP contribution in [0.1, 0.15) is 43.6 Å². The Hall–Kier alpha value is -3.01. The number of carbonyl (C=O) groups excluding carboxylic acids is 1. The molecule has 0 heterocycles. The molecule has 0 saturated carbocycles. The largest absolute Gasteiger partial charge is 0.490 e. The molecule has 4 heteroatoms. The maximum Gasteiger partial charge on any atom is 0.185 e. The van der Waals surface area contributed by atoms with Crippen LogP contribution in [0.3, 0.4) is 0 Å². The van der Waals surface area contributed by atoms with Crippen LogP contribution >= 0.6 is 0 Å². The van der Waals surface area contributed by atoms with Gasteiger partial charge >= 0.3 is 0 Å². The van der Waals surface area contributed by atoms with Gasteiger partial charge < -0.3 is 14.2 Å². The topological polar surface area (TPSA) is 44.8 Å². The van der Waals surface area contributed by atoms with E-state index in [1.54, 1.807) is 36.4 Å². The zero-order valence-electron chi connectivity index (χ0n) is 17.0. The molecule has 148 valence electrons. The maximum absolute atomic E-state index is 12.6. The molecule has 0 N–H and O–H groups in total. The van der Waals surface area contributed by atoms with Crippen LogP contribution in [0, 0.1) is 0 Å². The third-order valence-corrected chi connectivity index (χ3v) is 3.66. The number of ether oxygens (including phenoxy) is 3. The van der Waals surface area contributed by atoms with E-state index in [0.717, 1.165) is 5.56 Å².